The van der Waals surface area contributed by atoms with E-state index in [-0.39, 0.29) is 5.97 Å². The number of hydrogen-bond donors (Lipinski definition) is 1. The second-order valence-electron chi connectivity index (χ2n) is 2.21. The average Bonchev–Trinajstić information content (AvgIpc) is 2.28. The molecule has 0 aromatic rings. The second kappa shape index (κ2) is 18.0. The highest BCUT2D eigenvalue weighted by Gasteiger charge is 1.93. The minimum Gasteiger partial charge on any atom is -0.478 e. The van der Waals surface area contributed by atoms with Gasteiger partial charge in [-0.25, -0.2) is 9.59 Å². The normalized spacial score (nSPS) is 7.68. The highest BCUT2D eigenvalue weighted by atomic mass is 35.5. The Balaban J connectivity index is -0.000000242. The molecule has 0 aliphatic carbocycles. The lowest BCUT2D eigenvalue weighted by Crippen LogP contribution is -1.95. The summed E-state index contributed by atoms with van der Waals surface area (Å²) >= 11 is 4.76. The van der Waals surface area contributed by atoms with Gasteiger partial charge in [-0.15, -0.1) is 0 Å². The first-order valence-electron chi connectivity index (χ1n) is 4.57. The van der Waals surface area contributed by atoms with Gasteiger partial charge in [-0.3, -0.25) is 4.79 Å². The van der Waals surface area contributed by atoms with Gasteiger partial charge in [-0.1, -0.05) is 31.3 Å². The summed E-state index contributed by atoms with van der Waals surface area (Å²) < 4.78 is 8.33. The molecule has 0 aromatic carbocycles. The zero-order valence-electron chi connectivity index (χ0n) is 10.4. The van der Waals surface area contributed by atoms with Crippen LogP contribution in [0.1, 0.15) is 6.92 Å². The van der Waals surface area contributed by atoms with E-state index in [1.54, 1.807) is 0 Å². The van der Waals surface area contributed by atoms with Crippen molar-refractivity contribution >= 4 is 29.5 Å². The Morgan fingerprint density at radius 3 is 1.68 bits per heavy atom. The molecule has 6 nitrogen and oxygen atoms in total. The van der Waals surface area contributed by atoms with E-state index >= 15 is 0 Å². The van der Waals surface area contributed by atoms with Crippen LogP contribution < -0.4 is 0 Å². The van der Waals surface area contributed by atoms with Crippen molar-refractivity contribution in [3.63, 3.8) is 0 Å². The molecule has 0 saturated carbocycles. The summed E-state index contributed by atoms with van der Waals surface area (Å²) in [7, 11) is 0. The molecule has 0 heterocycles. The molecular formula is C12H15ClO6. The lowest BCUT2D eigenvalue weighted by Gasteiger charge is -1.87. The van der Waals surface area contributed by atoms with Crippen LogP contribution in [0.15, 0.2) is 49.9 Å². The topological polar surface area (TPSA) is 89.9 Å². The van der Waals surface area contributed by atoms with Gasteiger partial charge in [0.2, 0.25) is 0 Å². The number of hydrogen-bond acceptors (Lipinski definition) is 5. The summed E-state index contributed by atoms with van der Waals surface area (Å²) in [6.45, 7) is 10.7. The van der Waals surface area contributed by atoms with Gasteiger partial charge in [-0.2, -0.15) is 0 Å². The lowest BCUT2D eigenvalue weighted by molar-refractivity contribution is -0.135. The van der Waals surface area contributed by atoms with E-state index in [9.17, 15) is 14.4 Å². The Morgan fingerprint density at radius 1 is 1.05 bits per heavy atom. The third-order valence-electron chi connectivity index (χ3n) is 0.811. The summed E-state index contributed by atoms with van der Waals surface area (Å²) in [6.07, 6.45) is 3.51. The molecule has 0 radical (unpaired) electrons. The fourth-order valence-corrected chi connectivity index (χ4v) is 0.378. The fraction of sp³-hybridized carbons (Fsp3) is 0.0833. The van der Waals surface area contributed by atoms with Crippen molar-refractivity contribution in [3.8, 4) is 0 Å². The number of carbonyl (C=O) groups is 3. The molecule has 0 atom stereocenters. The molecule has 0 aliphatic heterocycles. The van der Waals surface area contributed by atoms with Gasteiger partial charge in [0.05, 0.1) is 12.5 Å². The average molecular weight is 291 g/mol. The Bertz CT molecular complexity index is 346. The third kappa shape index (κ3) is 39.0. The number of carbonyl (C=O) groups excluding carboxylic acids is 2. The van der Waals surface area contributed by atoms with Gasteiger partial charge in [0.1, 0.15) is 0 Å². The van der Waals surface area contributed by atoms with Crippen LogP contribution in [0.5, 0.6) is 0 Å². The van der Waals surface area contributed by atoms with Crippen molar-refractivity contribution in [1.29, 1.82) is 0 Å². The highest BCUT2D eigenvalue weighted by Crippen LogP contribution is 1.80. The van der Waals surface area contributed by atoms with Gasteiger partial charge < -0.3 is 14.6 Å². The van der Waals surface area contributed by atoms with E-state index in [0.717, 1.165) is 18.6 Å². The Hall–Kier alpha value is -2.34. The molecule has 106 valence electrons. The summed E-state index contributed by atoms with van der Waals surface area (Å²) in [5.74, 6) is -2.27. The maximum absolute atomic E-state index is 10.3. The maximum atomic E-state index is 10.3. The van der Waals surface area contributed by atoms with Crippen molar-refractivity contribution in [3.05, 3.63) is 49.9 Å². The summed E-state index contributed by atoms with van der Waals surface area (Å²) in [4.78, 5) is 29.8. The Labute approximate surface area is 116 Å². The molecule has 0 amide bonds. The van der Waals surface area contributed by atoms with Crippen molar-refractivity contribution in [2.45, 2.75) is 6.92 Å². The van der Waals surface area contributed by atoms with Gasteiger partial charge in [0, 0.05) is 19.1 Å². The number of esters is 2. The molecule has 0 spiro atoms. The first-order chi connectivity index (χ1) is 8.85. The smallest absolute Gasteiger partial charge is 0.335 e. The van der Waals surface area contributed by atoms with Crippen LogP contribution in [-0.2, 0) is 23.9 Å². The fourth-order valence-electron chi connectivity index (χ4n) is 0.378. The highest BCUT2D eigenvalue weighted by molar-refractivity contribution is 6.25. The third-order valence-corrected chi connectivity index (χ3v) is 0.811. The second-order valence-corrected chi connectivity index (χ2v) is 2.51. The minimum atomic E-state index is -1.19. The Kier molecular flexibility index (Phi) is 20.8. The summed E-state index contributed by atoms with van der Waals surface area (Å²) in [6, 6.07) is 0. The van der Waals surface area contributed by atoms with Crippen LogP contribution in [0, 0.1) is 0 Å². The first-order valence-corrected chi connectivity index (χ1v) is 5.01. The monoisotopic (exact) mass is 290 g/mol. The zero-order valence-corrected chi connectivity index (χ0v) is 11.1. The number of ether oxygens (including phenoxy) is 2. The van der Waals surface area contributed by atoms with Crippen molar-refractivity contribution in [1.82, 2.24) is 0 Å². The number of carboxylic acid groups (broad SMARTS) is 1. The van der Waals surface area contributed by atoms with Gasteiger partial charge in [0.25, 0.3) is 0 Å². The SMILES string of the molecule is C=CCl.C=COC(=O)/C=C\C(=O)O.C=COC(C)=O. The van der Waals surface area contributed by atoms with Crippen LogP contribution >= 0.6 is 11.6 Å². The molecule has 0 bridgehead atoms. The quantitative estimate of drug-likeness (QED) is 0.486. The lowest BCUT2D eigenvalue weighted by atomic mass is 10.5. The minimum absolute atomic E-state index is 0.329. The van der Waals surface area contributed by atoms with Gasteiger partial charge in [0.15, 0.2) is 0 Å². The van der Waals surface area contributed by atoms with E-state index in [1.165, 1.54) is 12.5 Å². The maximum Gasteiger partial charge on any atom is 0.335 e. The van der Waals surface area contributed by atoms with Crippen molar-refractivity contribution < 1.29 is 29.0 Å². The van der Waals surface area contributed by atoms with Gasteiger partial charge >= 0.3 is 17.9 Å². The molecule has 0 unspecified atom stereocenters. The standard InChI is InChI=1S/C6H6O4.C4H6O2.C2H3Cl/c1-2-10-6(9)4-3-5(7)8;1-3-6-4(2)5;1-2-3/h2-4H,1H2,(H,7,8);3H,1H2,2H3;2H,1H2/b4-3-;;. The van der Waals surface area contributed by atoms with E-state index < -0.39 is 11.9 Å². The van der Waals surface area contributed by atoms with Crippen LogP contribution in [0.2, 0.25) is 0 Å². The predicted octanol–water partition coefficient (Wildman–Crippen LogP) is 2.38. The van der Waals surface area contributed by atoms with Crippen LogP contribution in [0.4, 0.5) is 0 Å². The summed E-state index contributed by atoms with van der Waals surface area (Å²) in [5.41, 5.74) is 1.22. The molecular weight excluding hydrogens is 276 g/mol. The molecule has 0 fully saturated rings. The van der Waals surface area contributed by atoms with E-state index in [4.69, 9.17) is 16.7 Å². The molecule has 0 rings (SSSR count). The summed E-state index contributed by atoms with van der Waals surface area (Å²) in [5, 5.41) is 8.01. The van der Waals surface area contributed by atoms with Crippen molar-refractivity contribution in [2.24, 2.45) is 0 Å². The molecule has 7 heteroatoms. The van der Waals surface area contributed by atoms with E-state index in [2.05, 4.69) is 29.2 Å². The molecule has 0 aliphatic rings. The molecule has 19 heavy (non-hydrogen) atoms. The van der Waals surface area contributed by atoms with E-state index in [0.29, 0.717) is 6.08 Å². The number of halogens is 1. The van der Waals surface area contributed by atoms with Crippen molar-refractivity contribution in [2.75, 3.05) is 0 Å². The number of aliphatic carboxylic acids is 1. The molecule has 0 aromatic heterocycles. The molecule has 0 saturated heterocycles. The zero-order chi connectivity index (χ0) is 15.7. The van der Waals surface area contributed by atoms with Crippen LogP contribution in [-0.4, -0.2) is 23.0 Å². The number of rotatable bonds is 4. The largest absolute Gasteiger partial charge is 0.478 e. The van der Waals surface area contributed by atoms with Crippen LogP contribution in [0.3, 0.4) is 0 Å². The first kappa shape index (κ1) is 21.9. The number of carboxylic acids is 1. The van der Waals surface area contributed by atoms with Gasteiger partial charge in [-0.05, 0) is 5.54 Å². The van der Waals surface area contributed by atoms with Crippen LogP contribution in [0.25, 0.3) is 0 Å². The van der Waals surface area contributed by atoms with E-state index in [1.807, 2.05) is 0 Å². The Morgan fingerprint density at radius 2 is 1.47 bits per heavy atom. The predicted molar refractivity (Wildman–Crippen MR) is 71.1 cm³/mol. The molecule has 1 N–H and O–H groups in total.